The van der Waals surface area contributed by atoms with Gasteiger partial charge >= 0.3 is 6.03 Å². The van der Waals surface area contributed by atoms with E-state index in [2.05, 4.69) is 11.7 Å². The largest absolute Gasteiger partial charge is 0.343 e. The molecule has 9 heteroatoms. The van der Waals surface area contributed by atoms with Crippen LogP contribution >= 0.6 is 0 Å². The van der Waals surface area contributed by atoms with Gasteiger partial charge in [-0.2, -0.15) is 8.42 Å². The summed E-state index contributed by atoms with van der Waals surface area (Å²) in [4.78, 5) is 9.71. The van der Waals surface area contributed by atoms with Gasteiger partial charge in [-0.3, -0.25) is 15.4 Å². The predicted molar refractivity (Wildman–Crippen MR) is 46.7 cm³/mol. The molecule has 0 saturated heterocycles. The first-order valence-electron chi connectivity index (χ1n) is 3.29. The second-order valence-electron chi connectivity index (χ2n) is 1.90. The van der Waals surface area contributed by atoms with Crippen molar-refractivity contribution in [3.8, 4) is 0 Å². The Morgan fingerprint density at radius 1 is 1.38 bits per heavy atom. The quantitative estimate of drug-likeness (QED) is 0.160. The standard InChI is InChI=1S/C3H8O3S.CH6N4O/c1-2-3-7(4,5)6;2-4-1(6)5-3/h2-3H2,1H3,(H,4,5,6);2-3H2,(H2,4,5,6). The van der Waals surface area contributed by atoms with Crippen molar-refractivity contribution in [2.24, 2.45) is 11.7 Å². The van der Waals surface area contributed by atoms with Crippen molar-refractivity contribution in [2.75, 3.05) is 5.75 Å². The number of carbonyl (C=O) groups excluding carboxylic acids is 1. The monoisotopic (exact) mass is 214 g/mol. The Balaban J connectivity index is 0. The number of rotatable bonds is 2. The number of nitrogens with one attached hydrogen (secondary N) is 2. The summed E-state index contributed by atoms with van der Waals surface area (Å²) in [6.45, 7) is 1.69. The summed E-state index contributed by atoms with van der Waals surface area (Å²) in [6, 6.07) is -0.602. The maximum Gasteiger partial charge on any atom is 0.343 e. The summed E-state index contributed by atoms with van der Waals surface area (Å²) in [6.07, 6.45) is 0.471. The van der Waals surface area contributed by atoms with Crippen molar-refractivity contribution in [3.63, 3.8) is 0 Å². The van der Waals surface area contributed by atoms with Crippen molar-refractivity contribution in [1.82, 2.24) is 10.9 Å². The second kappa shape index (κ2) is 7.73. The van der Waals surface area contributed by atoms with E-state index in [0.29, 0.717) is 6.42 Å². The average Bonchev–Trinajstić information content (AvgIpc) is 2.02. The van der Waals surface area contributed by atoms with Crippen LogP contribution in [0.1, 0.15) is 13.3 Å². The lowest BCUT2D eigenvalue weighted by molar-refractivity contribution is 0.241. The summed E-state index contributed by atoms with van der Waals surface area (Å²) in [5.41, 5.74) is 3.48. The smallest absolute Gasteiger partial charge is 0.286 e. The zero-order valence-corrected chi connectivity index (χ0v) is 7.97. The van der Waals surface area contributed by atoms with E-state index in [1.807, 2.05) is 0 Å². The van der Waals surface area contributed by atoms with E-state index in [1.54, 1.807) is 17.8 Å². The van der Waals surface area contributed by atoms with Crippen LogP contribution in [0, 0.1) is 0 Å². The minimum Gasteiger partial charge on any atom is -0.286 e. The summed E-state index contributed by atoms with van der Waals surface area (Å²) < 4.78 is 27.6. The van der Waals surface area contributed by atoms with Gasteiger partial charge in [-0.25, -0.2) is 16.5 Å². The molecule has 80 valence electrons. The molecule has 2 amide bonds. The molecule has 0 aromatic carbocycles. The summed E-state index contributed by atoms with van der Waals surface area (Å²) in [5, 5.41) is 0. The van der Waals surface area contributed by atoms with Gasteiger partial charge in [0.15, 0.2) is 0 Å². The van der Waals surface area contributed by atoms with Gasteiger partial charge in [0.25, 0.3) is 10.1 Å². The van der Waals surface area contributed by atoms with Crippen molar-refractivity contribution in [3.05, 3.63) is 0 Å². The molecule has 8 nitrogen and oxygen atoms in total. The Labute approximate surface area is 76.3 Å². The number of amides is 2. The summed E-state index contributed by atoms with van der Waals surface area (Å²) in [5.74, 6) is 8.95. The van der Waals surface area contributed by atoms with Crippen LogP contribution in [0.25, 0.3) is 0 Å². The van der Waals surface area contributed by atoms with E-state index < -0.39 is 16.1 Å². The molecule has 0 aliphatic heterocycles. The molecule has 0 atom stereocenters. The van der Waals surface area contributed by atoms with E-state index in [0.717, 1.165) is 0 Å². The summed E-state index contributed by atoms with van der Waals surface area (Å²) >= 11 is 0. The maximum absolute atomic E-state index is 9.79. The highest BCUT2D eigenvalue weighted by molar-refractivity contribution is 7.85. The molecule has 0 aromatic heterocycles. The first-order chi connectivity index (χ1) is 5.87. The van der Waals surface area contributed by atoms with E-state index in [1.165, 1.54) is 0 Å². The Morgan fingerprint density at radius 2 is 1.77 bits per heavy atom. The van der Waals surface area contributed by atoms with Gasteiger partial charge < -0.3 is 0 Å². The zero-order chi connectivity index (χ0) is 10.9. The van der Waals surface area contributed by atoms with Crippen molar-refractivity contribution in [2.45, 2.75) is 13.3 Å². The molecule has 0 radical (unpaired) electrons. The number of hydrogen-bond donors (Lipinski definition) is 5. The minimum absolute atomic E-state index is 0.132. The second-order valence-corrected chi connectivity index (χ2v) is 3.48. The van der Waals surface area contributed by atoms with E-state index in [4.69, 9.17) is 4.55 Å². The first kappa shape index (κ1) is 14.6. The van der Waals surface area contributed by atoms with Crippen molar-refractivity contribution < 1.29 is 17.8 Å². The fourth-order valence-corrected chi connectivity index (χ4v) is 0.816. The molecule has 0 spiro atoms. The minimum atomic E-state index is -3.67. The van der Waals surface area contributed by atoms with Crippen LogP contribution in [0.3, 0.4) is 0 Å². The number of urea groups is 1. The molecule has 0 saturated carbocycles. The topological polar surface area (TPSA) is 148 Å². The zero-order valence-electron chi connectivity index (χ0n) is 7.15. The fourth-order valence-electron chi connectivity index (χ4n) is 0.300. The van der Waals surface area contributed by atoms with Crippen molar-refractivity contribution >= 4 is 16.1 Å². The van der Waals surface area contributed by atoms with Crippen LogP contribution < -0.4 is 22.5 Å². The van der Waals surface area contributed by atoms with E-state index in [9.17, 15) is 13.2 Å². The van der Waals surface area contributed by atoms with E-state index in [-0.39, 0.29) is 5.75 Å². The van der Waals surface area contributed by atoms with Gasteiger partial charge in [-0.1, -0.05) is 6.92 Å². The molecule has 0 rings (SSSR count). The highest BCUT2D eigenvalue weighted by atomic mass is 32.2. The number of hydrogen-bond acceptors (Lipinski definition) is 5. The number of hydrazine groups is 2. The molecular weight excluding hydrogens is 200 g/mol. The number of carbonyl (C=O) groups is 1. The van der Waals surface area contributed by atoms with E-state index >= 15 is 0 Å². The van der Waals surface area contributed by atoms with Crippen LogP contribution in [-0.2, 0) is 10.1 Å². The highest BCUT2D eigenvalue weighted by Crippen LogP contribution is 1.83. The molecular formula is C4H14N4O4S. The summed E-state index contributed by atoms with van der Waals surface area (Å²) in [7, 11) is -3.67. The Hall–Kier alpha value is -0.900. The SMILES string of the molecule is CCCS(=O)(=O)O.NNC(=O)NN. The molecule has 0 unspecified atom stereocenters. The Kier molecular flexibility index (Phi) is 8.69. The molecule has 7 N–H and O–H groups in total. The van der Waals surface area contributed by atoms with Gasteiger partial charge in [-0.15, -0.1) is 0 Å². The van der Waals surface area contributed by atoms with Gasteiger partial charge in [0.2, 0.25) is 0 Å². The third-order valence-electron chi connectivity index (χ3n) is 0.724. The molecule has 13 heavy (non-hydrogen) atoms. The fraction of sp³-hybridized carbons (Fsp3) is 0.750. The van der Waals surface area contributed by atoms with Crippen LogP contribution in [0.2, 0.25) is 0 Å². The Bertz CT molecular complexity index is 220. The van der Waals surface area contributed by atoms with Crippen LogP contribution in [-0.4, -0.2) is 24.8 Å². The molecule has 0 aromatic rings. The Morgan fingerprint density at radius 3 is 1.77 bits per heavy atom. The van der Waals surface area contributed by atoms with Crippen molar-refractivity contribution in [1.29, 1.82) is 0 Å². The highest BCUT2D eigenvalue weighted by Gasteiger charge is 1.98. The molecule has 0 aliphatic carbocycles. The third kappa shape index (κ3) is 18.2. The van der Waals surface area contributed by atoms with Gasteiger partial charge in [0.1, 0.15) is 0 Å². The average molecular weight is 214 g/mol. The number of nitrogens with two attached hydrogens (primary N) is 2. The van der Waals surface area contributed by atoms with Crippen LogP contribution in [0.4, 0.5) is 4.79 Å². The lowest BCUT2D eigenvalue weighted by Crippen LogP contribution is -2.43. The molecule has 0 heterocycles. The van der Waals surface area contributed by atoms with Gasteiger partial charge in [0.05, 0.1) is 5.75 Å². The molecule has 0 aliphatic rings. The maximum atomic E-state index is 9.79. The molecule has 0 bridgehead atoms. The van der Waals surface area contributed by atoms with Gasteiger partial charge in [0, 0.05) is 0 Å². The van der Waals surface area contributed by atoms with Gasteiger partial charge in [-0.05, 0) is 6.42 Å². The normalized spacial score (nSPS) is 9.54. The molecule has 0 fully saturated rings. The first-order valence-corrected chi connectivity index (χ1v) is 4.90. The lowest BCUT2D eigenvalue weighted by atomic mass is 10.6. The third-order valence-corrected chi connectivity index (χ3v) is 1.65. The van der Waals surface area contributed by atoms with Crippen LogP contribution in [0.15, 0.2) is 0 Å². The van der Waals surface area contributed by atoms with Crippen LogP contribution in [0.5, 0.6) is 0 Å². The predicted octanol–water partition coefficient (Wildman–Crippen LogP) is -1.68. The lowest BCUT2D eigenvalue weighted by Gasteiger charge is -1.90.